The van der Waals surface area contributed by atoms with Crippen LogP contribution in [-0.4, -0.2) is 26.3 Å². The van der Waals surface area contributed by atoms with E-state index in [9.17, 15) is 0 Å². The first kappa shape index (κ1) is 13.7. The van der Waals surface area contributed by atoms with Crippen molar-refractivity contribution in [2.45, 2.75) is 30.7 Å². The summed E-state index contributed by atoms with van der Waals surface area (Å²) in [6.45, 7) is 1.82. The van der Waals surface area contributed by atoms with Gasteiger partial charge in [-0.2, -0.15) is 0 Å². The molecule has 1 aliphatic heterocycles. The summed E-state index contributed by atoms with van der Waals surface area (Å²) in [6, 6.07) is 6.76. The van der Waals surface area contributed by atoms with Gasteiger partial charge < -0.3 is 10.1 Å². The van der Waals surface area contributed by atoms with Crippen LogP contribution in [0.15, 0.2) is 18.2 Å². The van der Waals surface area contributed by atoms with Crippen LogP contribution in [0.4, 0.5) is 0 Å². The van der Waals surface area contributed by atoms with Crippen molar-refractivity contribution in [2.24, 2.45) is 5.92 Å². The lowest BCUT2D eigenvalue weighted by Gasteiger charge is -2.42. The normalized spacial score (nSPS) is 33.6. The molecule has 1 saturated carbocycles. The highest BCUT2D eigenvalue weighted by Crippen LogP contribution is 2.50. The molecule has 0 unspecified atom stereocenters. The number of hydrogen-bond donors (Lipinski definition) is 1. The van der Waals surface area contributed by atoms with Crippen LogP contribution in [0, 0.1) is 5.92 Å². The van der Waals surface area contributed by atoms with E-state index in [0.29, 0.717) is 22.0 Å². The summed E-state index contributed by atoms with van der Waals surface area (Å²) in [5.41, 5.74) is 1.54. The average molecular weight is 300 g/mol. The van der Waals surface area contributed by atoms with Gasteiger partial charge in [-0.15, -0.1) is 0 Å². The molecule has 2 fully saturated rings. The van der Waals surface area contributed by atoms with Gasteiger partial charge in [-0.1, -0.05) is 29.3 Å². The maximum Gasteiger partial charge on any atom is 0.0595 e. The van der Waals surface area contributed by atoms with Crippen LogP contribution < -0.4 is 5.32 Å². The number of piperidine rings is 1. The minimum atomic E-state index is 0.208. The molecule has 4 heteroatoms. The topological polar surface area (TPSA) is 21.3 Å². The Morgan fingerprint density at radius 1 is 1.37 bits per heavy atom. The Morgan fingerprint density at radius 2 is 2.21 bits per heavy atom. The number of halogens is 2. The van der Waals surface area contributed by atoms with Gasteiger partial charge >= 0.3 is 0 Å². The molecular formula is C15H19Cl2NO. The molecule has 1 heterocycles. The van der Waals surface area contributed by atoms with Crippen molar-refractivity contribution in [2.75, 3.05) is 20.3 Å². The van der Waals surface area contributed by atoms with Crippen LogP contribution in [0.3, 0.4) is 0 Å². The minimum absolute atomic E-state index is 0.208. The number of methoxy groups -OCH3 is 1. The molecule has 104 valence electrons. The van der Waals surface area contributed by atoms with E-state index >= 15 is 0 Å². The van der Waals surface area contributed by atoms with Crippen LogP contribution in [0.2, 0.25) is 10.0 Å². The molecule has 1 aromatic rings. The molecule has 0 aromatic heterocycles. The molecule has 0 amide bonds. The maximum atomic E-state index is 6.21. The lowest BCUT2D eigenvalue weighted by molar-refractivity contribution is 0.0889. The average Bonchev–Trinajstić information content (AvgIpc) is 2.76. The minimum Gasteiger partial charge on any atom is -0.384 e. The third kappa shape index (κ3) is 2.29. The summed E-state index contributed by atoms with van der Waals surface area (Å²) in [5.74, 6) is 0.508. The van der Waals surface area contributed by atoms with E-state index in [1.54, 1.807) is 7.11 Å². The van der Waals surface area contributed by atoms with Crippen molar-refractivity contribution in [3.05, 3.63) is 33.8 Å². The Balaban J connectivity index is 2.00. The van der Waals surface area contributed by atoms with Gasteiger partial charge in [0.05, 0.1) is 16.7 Å². The Bertz CT molecular complexity index is 479. The zero-order valence-electron chi connectivity index (χ0n) is 11.1. The number of rotatable bonds is 3. The van der Waals surface area contributed by atoms with E-state index in [4.69, 9.17) is 27.9 Å². The fraction of sp³-hybridized carbons (Fsp3) is 0.600. The van der Waals surface area contributed by atoms with Crippen molar-refractivity contribution in [3.8, 4) is 0 Å². The fourth-order valence-corrected chi connectivity index (χ4v) is 4.15. The SMILES string of the molecule is COC[C@H]1CN[C@@H]2CC[C@]1(c1ccc(Cl)c(Cl)c1)C2. The zero-order valence-corrected chi connectivity index (χ0v) is 12.6. The zero-order chi connectivity index (χ0) is 13.5. The number of nitrogens with one attached hydrogen (secondary N) is 1. The van der Waals surface area contributed by atoms with Crippen LogP contribution in [0.25, 0.3) is 0 Å². The fourth-order valence-electron chi connectivity index (χ4n) is 3.85. The quantitative estimate of drug-likeness (QED) is 0.920. The Labute approximate surface area is 124 Å². The number of hydrogen-bond acceptors (Lipinski definition) is 2. The molecule has 2 bridgehead atoms. The van der Waals surface area contributed by atoms with Crippen molar-refractivity contribution in [3.63, 3.8) is 0 Å². The van der Waals surface area contributed by atoms with Gasteiger partial charge in [-0.3, -0.25) is 0 Å². The predicted molar refractivity (Wildman–Crippen MR) is 79.1 cm³/mol. The highest BCUT2D eigenvalue weighted by molar-refractivity contribution is 6.42. The molecule has 1 aromatic carbocycles. The van der Waals surface area contributed by atoms with E-state index in [1.807, 2.05) is 6.07 Å². The van der Waals surface area contributed by atoms with Crippen molar-refractivity contribution < 1.29 is 4.74 Å². The van der Waals surface area contributed by atoms with Gasteiger partial charge in [-0.05, 0) is 37.0 Å². The van der Waals surface area contributed by atoms with E-state index in [2.05, 4.69) is 17.4 Å². The van der Waals surface area contributed by atoms with Crippen molar-refractivity contribution in [1.29, 1.82) is 0 Å². The van der Waals surface area contributed by atoms with Crippen LogP contribution in [0.1, 0.15) is 24.8 Å². The van der Waals surface area contributed by atoms with Crippen LogP contribution in [-0.2, 0) is 10.2 Å². The Kier molecular flexibility index (Phi) is 3.78. The highest BCUT2D eigenvalue weighted by Gasteiger charge is 2.49. The number of ether oxygens (including phenoxy) is 1. The van der Waals surface area contributed by atoms with E-state index in [0.717, 1.165) is 13.2 Å². The van der Waals surface area contributed by atoms with E-state index < -0.39 is 0 Å². The standard InChI is InChI=1S/C15H19Cl2NO/c1-19-9-11-8-18-12-4-5-15(11,7-12)10-2-3-13(16)14(17)6-10/h2-3,6,11-12,18H,4-5,7-9H2,1H3/t11-,12-,15-/m1/s1. The van der Waals surface area contributed by atoms with E-state index in [1.165, 1.54) is 24.8 Å². The molecule has 2 aliphatic rings. The second-order valence-corrected chi connectivity index (χ2v) is 6.60. The second-order valence-electron chi connectivity index (χ2n) is 5.79. The third-order valence-corrected chi connectivity index (χ3v) is 5.59. The first-order valence-electron chi connectivity index (χ1n) is 6.83. The van der Waals surface area contributed by atoms with Crippen LogP contribution in [0.5, 0.6) is 0 Å². The summed E-state index contributed by atoms with van der Waals surface area (Å²) in [5, 5.41) is 4.92. The Hall–Kier alpha value is -0.280. The summed E-state index contributed by atoms with van der Waals surface area (Å²) >= 11 is 12.3. The van der Waals surface area contributed by atoms with Crippen molar-refractivity contribution in [1.82, 2.24) is 5.32 Å². The molecule has 3 rings (SSSR count). The molecule has 3 atom stereocenters. The Morgan fingerprint density at radius 3 is 2.95 bits per heavy atom. The molecule has 1 aliphatic carbocycles. The molecule has 1 saturated heterocycles. The largest absolute Gasteiger partial charge is 0.384 e. The van der Waals surface area contributed by atoms with Crippen LogP contribution >= 0.6 is 23.2 Å². The molecule has 19 heavy (non-hydrogen) atoms. The summed E-state index contributed by atoms with van der Waals surface area (Å²) in [7, 11) is 1.78. The summed E-state index contributed by atoms with van der Waals surface area (Å²) in [4.78, 5) is 0. The lowest BCUT2D eigenvalue weighted by Crippen LogP contribution is -2.48. The van der Waals surface area contributed by atoms with Gasteiger partial charge in [0.1, 0.15) is 0 Å². The second kappa shape index (κ2) is 5.25. The molecular weight excluding hydrogens is 281 g/mol. The van der Waals surface area contributed by atoms with Gasteiger partial charge in [0.2, 0.25) is 0 Å². The molecule has 0 spiro atoms. The molecule has 2 nitrogen and oxygen atoms in total. The smallest absolute Gasteiger partial charge is 0.0595 e. The summed E-state index contributed by atoms with van der Waals surface area (Å²) in [6.07, 6.45) is 3.62. The summed E-state index contributed by atoms with van der Waals surface area (Å²) < 4.78 is 5.43. The predicted octanol–water partition coefficient (Wildman–Crippen LogP) is 3.65. The van der Waals surface area contributed by atoms with Gasteiger partial charge in [0.25, 0.3) is 0 Å². The third-order valence-electron chi connectivity index (χ3n) is 4.85. The number of benzene rings is 1. The molecule has 0 radical (unpaired) electrons. The maximum absolute atomic E-state index is 6.21. The van der Waals surface area contributed by atoms with Gasteiger partial charge in [0.15, 0.2) is 0 Å². The monoisotopic (exact) mass is 299 g/mol. The van der Waals surface area contributed by atoms with Crippen molar-refractivity contribution >= 4 is 23.2 Å². The first-order chi connectivity index (χ1) is 9.15. The first-order valence-corrected chi connectivity index (χ1v) is 7.59. The lowest BCUT2D eigenvalue weighted by atomic mass is 9.67. The van der Waals surface area contributed by atoms with E-state index in [-0.39, 0.29) is 5.41 Å². The van der Waals surface area contributed by atoms with Gasteiger partial charge in [0, 0.05) is 31.0 Å². The number of fused-ring (bicyclic) bond motifs is 2. The van der Waals surface area contributed by atoms with Gasteiger partial charge in [-0.25, -0.2) is 0 Å². The highest BCUT2D eigenvalue weighted by atomic mass is 35.5. The molecule has 1 N–H and O–H groups in total.